The zero-order valence-electron chi connectivity index (χ0n) is 10.1. The van der Waals surface area contributed by atoms with Gasteiger partial charge in [-0.3, -0.25) is 4.79 Å². The Morgan fingerprint density at radius 1 is 1.28 bits per heavy atom. The van der Waals surface area contributed by atoms with Gasteiger partial charge in [0.25, 0.3) is 11.2 Å². The first-order valence-corrected chi connectivity index (χ1v) is 5.88. The lowest BCUT2D eigenvalue weighted by Gasteiger charge is -1.98. The van der Waals surface area contributed by atoms with Crippen molar-refractivity contribution in [1.29, 1.82) is 0 Å². The summed E-state index contributed by atoms with van der Waals surface area (Å²) < 4.78 is 3.72. The number of hydrogen-bond acceptors (Lipinski definition) is 1. The molecule has 3 heterocycles. The fraction of sp³-hybridized carbons (Fsp3) is 0.143. The van der Waals surface area contributed by atoms with Crippen molar-refractivity contribution in [2.75, 3.05) is 0 Å². The van der Waals surface area contributed by atoms with E-state index in [4.69, 9.17) is 0 Å². The summed E-state index contributed by atoms with van der Waals surface area (Å²) >= 11 is 0. The summed E-state index contributed by atoms with van der Waals surface area (Å²) in [6.45, 7) is 2.62. The molecule has 4 heteroatoms. The van der Waals surface area contributed by atoms with Crippen molar-refractivity contribution >= 4 is 5.65 Å². The predicted octanol–water partition coefficient (Wildman–Crippen LogP) is 1.27. The summed E-state index contributed by atoms with van der Waals surface area (Å²) in [5, 5.41) is 0. The van der Waals surface area contributed by atoms with Gasteiger partial charge in [-0.05, 0) is 25.1 Å². The number of nitrogens with zero attached hydrogens (tertiary/aromatic N) is 2. The largest absolute Gasteiger partial charge is 0.307 e. The second-order valence-corrected chi connectivity index (χ2v) is 4.39. The van der Waals surface area contributed by atoms with Gasteiger partial charge >= 0.3 is 0 Å². The van der Waals surface area contributed by atoms with Gasteiger partial charge in [0.2, 0.25) is 0 Å². The maximum atomic E-state index is 11.6. The van der Waals surface area contributed by atoms with Crippen LogP contribution in [-0.4, -0.2) is 9.55 Å². The zero-order valence-corrected chi connectivity index (χ0v) is 10.1. The average molecular weight is 240 g/mol. The maximum Gasteiger partial charge on any atom is 0.287 e. The lowest BCUT2D eigenvalue weighted by molar-refractivity contribution is -0.510. The molecule has 0 bridgehead atoms. The van der Waals surface area contributed by atoms with E-state index < -0.39 is 0 Å². The molecule has 3 aromatic rings. The van der Waals surface area contributed by atoms with Crippen LogP contribution < -0.4 is 9.96 Å². The molecule has 0 saturated heterocycles. The Morgan fingerprint density at radius 2 is 2.17 bits per heavy atom. The molecule has 0 spiro atoms. The Balaban J connectivity index is 2.04. The molecule has 0 fully saturated rings. The van der Waals surface area contributed by atoms with Crippen molar-refractivity contribution in [3.8, 4) is 0 Å². The van der Waals surface area contributed by atoms with Crippen molar-refractivity contribution in [2.24, 2.45) is 0 Å². The summed E-state index contributed by atoms with van der Waals surface area (Å²) in [6.07, 6.45) is 5.81. The molecule has 0 atom stereocenters. The van der Waals surface area contributed by atoms with Crippen LogP contribution in [-0.2, 0) is 6.54 Å². The van der Waals surface area contributed by atoms with Gasteiger partial charge in [-0.1, -0.05) is 6.07 Å². The predicted molar refractivity (Wildman–Crippen MR) is 68.5 cm³/mol. The fourth-order valence-electron chi connectivity index (χ4n) is 2.12. The number of H-pyrrole nitrogens is 1. The molecule has 3 rings (SSSR count). The minimum absolute atomic E-state index is 0.0119. The van der Waals surface area contributed by atoms with Crippen LogP contribution >= 0.6 is 0 Å². The highest BCUT2D eigenvalue weighted by atomic mass is 16.1. The van der Waals surface area contributed by atoms with E-state index in [-0.39, 0.29) is 5.56 Å². The van der Waals surface area contributed by atoms with Crippen molar-refractivity contribution in [3.05, 3.63) is 70.5 Å². The average Bonchev–Trinajstić information content (AvgIpc) is 2.76. The third kappa shape index (κ3) is 1.82. The zero-order chi connectivity index (χ0) is 12.5. The van der Waals surface area contributed by atoms with E-state index in [1.807, 2.05) is 28.9 Å². The number of hydrogen-bond donors (Lipinski definition) is 1. The first-order valence-electron chi connectivity index (χ1n) is 5.88. The van der Waals surface area contributed by atoms with E-state index in [0.29, 0.717) is 6.54 Å². The van der Waals surface area contributed by atoms with Gasteiger partial charge in [0.05, 0.1) is 12.7 Å². The quantitative estimate of drug-likeness (QED) is 0.673. The standard InChI is InChI=1S/C14H13N3O/c1-11-5-4-8-17-10-12(15-14(11)17)9-16-7-3-2-6-13(16)18/h2-8,10H,9H2,1H3/p+1. The second kappa shape index (κ2) is 4.14. The van der Waals surface area contributed by atoms with Gasteiger partial charge in [0.1, 0.15) is 6.20 Å². The van der Waals surface area contributed by atoms with Gasteiger partial charge in [-0.2, -0.15) is 0 Å². The molecule has 0 unspecified atom stereocenters. The first-order chi connectivity index (χ1) is 8.74. The van der Waals surface area contributed by atoms with Crippen LogP contribution in [0.2, 0.25) is 0 Å². The summed E-state index contributed by atoms with van der Waals surface area (Å²) in [6, 6.07) is 9.26. The Labute approximate surface area is 104 Å². The first kappa shape index (κ1) is 10.8. The van der Waals surface area contributed by atoms with Crippen LogP contribution in [0.15, 0.2) is 53.7 Å². The Bertz CT molecular complexity index is 755. The number of aromatic amines is 1. The number of fused-ring (bicyclic) bond motifs is 1. The molecule has 18 heavy (non-hydrogen) atoms. The highest BCUT2D eigenvalue weighted by molar-refractivity contribution is 5.39. The second-order valence-electron chi connectivity index (χ2n) is 4.39. The number of pyridine rings is 2. The molecular weight excluding hydrogens is 226 g/mol. The normalized spacial score (nSPS) is 10.9. The molecule has 90 valence electrons. The summed E-state index contributed by atoms with van der Waals surface area (Å²) in [4.78, 5) is 15.0. The summed E-state index contributed by atoms with van der Waals surface area (Å²) in [5.74, 6) is 0. The summed E-state index contributed by atoms with van der Waals surface area (Å²) in [7, 11) is 0. The van der Waals surface area contributed by atoms with Crippen LogP contribution in [0.4, 0.5) is 0 Å². The minimum Gasteiger partial charge on any atom is -0.307 e. The third-order valence-electron chi connectivity index (χ3n) is 3.04. The van der Waals surface area contributed by atoms with Gasteiger partial charge in [0, 0.05) is 17.8 Å². The van der Waals surface area contributed by atoms with Gasteiger partial charge < -0.3 is 4.57 Å². The van der Waals surface area contributed by atoms with E-state index in [9.17, 15) is 4.79 Å². The number of nitrogens with one attached hydrogen (secondary N) is 1. The van der Waals surface area contributed by atoms with Crippen LogP contribution in [0.3, 0.4) is 0 Å². The smallest absolute Gasteiger partial charge is 0.287 e. The van der Waals surface area contributed by atoms with Crippen LogP contribution in [0.25, 0.3) is 5.65 Å². The summed E-state index contributed by atoms with van der Waals surface area (Å²) in [5.41, 5.74) is 3.27. The topological polar surface area (TPSA) is 41.9 Å². The molecule has 0 radical (unpaired) electrons. The third-order valence-corrected chi connectivity index (χ3v) is 3.04. The Morgan fingerprint density at radius 3 is 2.94 bits per heavy atom. The van der Waals surface area contributed by atoms with Gasteiger partial charge in [0.15, 0.2) is 5.69 Å². The lowest BCUT2D eigenvalue weighted by Crippen LogP contribution is -2.19. The number of aromatic nitrogens is 3. The monoisotopic (exact) mass is 240 g/mol. The molecule has 0 aliphatic carbocycles. The molecule has 3 aromatic heterocycles. The van der Waals surface area contributed by atoms with Crippen molar-refractivity contribution < 1.29 is 4.40 Å². The number of imidazole rings is 1. The van der Waals surface area contributed by atoms with Crippen LogP contribution in [0, 0.1) is 6.92 Å². The molecule has 4 nitrogen and oxygen atoms in total. The lowest BCUT2D eigenvalue weighted by atomic mass is 10.3. The van der Waals surface area contributed by atoms with Crippen LogP contribution in [0.1, 0.15) is 11.3 Å². The number of rotatable bonds is 2. The van der Waals surface area contributed by atoms with E-state index in [2.05, 4.69) is 18.0 Å². The molecule has 1 N–H and O–H groups in total. The van der Waals surface area contributed by atoms with Gasteiger partial charge in [-0.15, -0.1) is 0 Å². The SMILES string of the molecule is Cc1ccc[n+]2cc(Cn3ccccc3=O)[nH]c12. The molecule has 0 amide bonds. The Hall–Kier alpha value is -2.36. The van der Waals surface area contributed by atoms with E-state index in [0.717, 1.165) is 11.3 Å². The molecular formula is C14H14N3O+. The minimum atomic E-state index is 0.0119. The maximum absolute atomic E-state index is 11.6. The highest BCUT2D eigenvalue weighted by Gasteiger charge is 2.11. The fourth-order valence-corrected chi connectivity index (χ4v) is 2.12. The Kier molecular flexibility index (Phi) is 2.48. The number of aryl methyl sites for hydroxylation is 1. The van der Waals surface area contributed by atoms with E-state index >= 15 is 0 Å². The van der Waals surface area contributed by atoms with E-state index in [1.165, 1.54) is 5.56 Å². The van der Waals surface area contributed by atoms with Crippen LogP contribution in [0.5, 0.6) is 0 Å². The van der Waals surface area contributed by atoms with Crippen molar-refractivity contribution in [1.82, 2.24) is 9.55 Å². The van der Waals surface area contributed by atoms with E-state index in [1.54, 1.807) is 22.9 Å². The van der Waals surface area contributed by atoms with Gasteiger partial charge in [-0.25, -0.2) is 9.38 Å². The molecule has 0 aliphatic heterocycles. The molecule has 0 aromatic carbocycles. The van der Waals surface area contributed by atoms with Crippen molar-refractivity contribution in [2.45, 2.75) is 13.5 Å². The molecule has 0 aliphatic rings. The highest BCUT2D eigenvalue weighted by Crippen LogP contribution is 2.04. The molecule has 0 saturated carbocycles. The van der Waals surface area contributed by atoms with Crippen molar-refractivity contribution in [3.63, 3.8) is 0 Å².